The Balaban J connectivity index is 2.16. The third kappa shape index (κ3) is 3.59. The Morgan fingerprint density at radius 3 is 2.50 bits per heavy atom. The van der Waals surface area contributed by atoms with E-state index in [-0.39, 0.29) is 5.41 Å². The number of carboxylic acid groups (broad SMARTS) is 1. The lowest BCUT2D eigenvalue weighted by molar-refractivity contribution is -0.138. The van der Waals surface area contributed by atoms with Crippen molar-refractivity contribution >= 4 is 45.0 Å². The van der Waals surface area contributed by atoms with E-state index in [0.29, 0.717) is 5.69 Å². The number of carbonyl (C=O) groups is 1. The molecule has 132 valence electrons. The smallest absolute Gasteiger partial charge is 0.317 e. The highest BCUT2D eigenvalue weighted by Gasteiger charge is 2.33. The molecule has 2 aromatic carbocycles. The van der Waals surface area contributed by atoms with Crippen molar-refractivity contribution in [1.29, 1.82) is 0 Å². The third-order valence-corrected chi connectivity index (χ3v) is 6.60. The Labute approximate surface area is 160 Å². The molecule has 0 amide bonds. The van der Waals surface area contributed by atoms with Gasteiger partial charge in [-0.2, -0.15) is 4.37 Å². The Hall–Kier alpha value is -2.36. The number of carboxylic acids is 1. The predicted octanol–water partition coefficient (Wildman–Crippen LogP) is 6.11. The number of nitrogens with zero attached hydrogens (tertiary/aromatic N) is 2. The van der Waals surface area contributed by atoms with Crippen LogP contribution in [0.5, 0.6) is 0 Å². The molecular weight excluding hydrogens is 364 g/mol. The second-order valence-electron chi connectivity index (χ2n) is 7.04. The molecule has 1 N–H and O–H groups in total. The first-order chi connectivity index (χ1) is 12.3. The van der Waals surface area contributed by atoms with E-state index in [1.165, 1.54) is 23.3 Å². The van der Waals surface area contributed by atoms with Crippen molar-refractivity contribution in [2.24, 2.45) is 5.41 Å². The van der Waals surface area contributed by atoms with E-state index in [9.17, 15) is 9.90 Å². The molecule has 6 heteroatoms. The van der Waals surface area contributed by atoms with Gasteiger partial charge in [-0.3, -0.25) is 4.79 Å². The minimum atomic E-state index is -0.818. The van der Waals surface area contributed by atoms with E-state index in [0.717, 1.165) is 26.1 Å². The van der Waals surface area contributed by atoms with E-state index < -0.39 is 11.2 Å². The Morgan fingerprint density at radius 1 is 1.23 bits per heavy atom. The van der Waals surface area contributed by atoms with Gasteiger partial charge in [0.1, 0.15) is 5.25 Å². The van der Waals surface area contributed by atoms with Crippen molar-refractivity contribution in [1.82, 2.24) is 4.37 Å². The zero-order chi connectivity index (χ0) is 18.9. The van der Waals surface area contributed by atoms with Crippen molar-refractivity contribution in [3.63, 3.8) is 0 Å². The fraction of sp³-hybridized carbons (Fsp3) is 0.250. The first kappa shape index (κ1) is 18.4. The van der Waals surface area contributed by atoms with Crippen molar-refractivity contribution in [3.05, 3.63) is 54.0 Å². The molecule has 3 rings (SSSR count). The Bertz CT molecular complexity index is 995. The fourth-order valence-electron chi connectivity index (χ4n) is 2.72. The molecule has 0 radical (unpaired) electrons. The van der Waals surface area contributed by atoms with Gasteiger partial charge >= 0.3 is 5.97 Å². The van der Waals surface area contributed by atoms with Crippen molar-refractivity contribution in [2.45, 2.75) is 30.9 Å². The number of fused-ring (bicyclic) bond motifs is 1. The summed E-state index contributed by atoms with van der Waals surface area (Å²) in [6.07, 6.45) is 1.82. The predicted molar refractivity (Wildman–Crippen MR) is 108 cm³/mol. The molecule has 1 atom stereocenters. The lowest BCUT2D eigenvalue weighted by atomic mass is 9.92. The zero-order valence-corrected chi connectivity index (χ0v) is 16.3. The number of benzene rings is 2. The van der Waals surface area contributed by atoms with Crippen LogP contribution < -0.4 is 0 Å². The summed E-state index contributed by atoms with van der Waals surface area (Å²) in [6.45, 7) is 12.9. The summed E-state index contributed by atoms with van der Waals surface area (Å²) < 4.78 is 5.32. The van der Waals surface area contributed by atoms with Crippen molar-refractivity contribution < 1.29 is 9.90 Å². The quantitative estimate of drug-likeness (QED) is 0.437. The van der Waals surface area contributed by atoms with E-state index in [1.54, 1.807) is 12.1 Å². The number of aliphatic carboxylic acids is 1. The summed E-state index contributed by atoms with van der Waals surface area (Å²) in [7, 11) is 0. The Morgan fingerprint density at radius 2 is 1.92 bits per heavy atom. The Kier molecular flexibility index (Phi) is 5.03. The summed E-state index contributed by atoms with van der Waals surface area (Å²) in [6, 6.07) is 11.4. The molecule has 1 aromatic heterocycles. The van der Waals surface area contributed by atoms with Gasteiger partial charge in [-0.05, 0) is 28.6 Å². The molecule has 0 saturated heterocycles. The topological polar surface area (TPSA) is 54.5 Å². The number of thioether (sulfide) groups is 1. The van der Waals surface area contributed by atoms with E-state index in [1.807, 2.05) is 51.2 Å². The summed E-state index contributed by atoms with van der Waals surface area (Å²) in [4.78, 5) is 16.2. The molecule has 0 fully saturated rings. The number of rotatable bonds is 4. The van der Waals surface area contributed by atoms with Gasteiger partial charge in [-0.1, -0.05) is 51.1 Å². The minimum Gasteiger partial charge on any atom is -0.480 e. The fourth-order valence-corrected chi connectivity index (χ4v) is 4.79. The largest absolute Gasteiger partial charge is 0.480 e. The molecule has 0 aliphatic heterocycles. The monoisotopic (exact) mass is 382 g/mol. The van der Waals surface area contributed by atoms with Crippen molar-refractivity contribution in [3.8, 4) is 11.1 Å². The van der Waals surface area contributed by atoms with Crippen LogP contribution in [0.4, 0.5) is 5.69 Å². The third-order valence-electron chi connectivity index (χ3n) is 4.03. The SMILES string of the molecule is [C-]#[N+]c1ccc(-c2c(SC(C(=O)O)C(C)(C)C)ccc3cnsc23)cc1. The first-order valence-corrected chi connectivity index (χ1v) is 9.71. The molecule has 3 aromatic rings. The molecule has 1 heterocycles. The number of hydrogen-bond donors (Lipinski definition) is 1. The molecule has 0 saturated carbocycles. The molecule has 0 bridgehead atoms. The van der Waals surface area contributed by atoms with Gasteiger partial charge < -0.3 is 5.11 Å². The lowest BCUT2D eigenvalue weighted by Gasteiger charge is -2.27. The number of hydrogen-bond acceptors (Lipinski definition) is 4. The minimum absolute atomic E-state index is 0.385. The first-order valence-electron chi connectivity index (χ1n) is 8.06. The van der Waals surface area contributed by atoms with Crippen LogP contribution in [0.1, 0.15) is 20.8 Å². The lowest BCUT2D eigenvalue weighted by Crippen LogP contribution is -2.31. The maximum Gasteiger partial charge on any atom is 0.317 e. The maximum absolute atomic E-state index is 11.8. The average Bonchev–Trinajstić information content (AvgIpc) is 3.06. The normalized spacial score (nSPS) is 12.7. The molecule has 1 unspecified atom stereocenters. The van der Waals surface area contributed by atoms with Crippen LogP contribution >= 0.6 is 23.3 Å². The van der Waals surface area contributed by atoms with E-state index >= 15 is 0 Å². The van der Waals surface area contributed by atoms with Crippen LogP contribution in [0.25, 0.3) is 26.1 Å². The van der Waals surface area contributed by atoms with Gasteiger partial charge in [0.15, 0.2) is 5.69 Å². The summed E-state index contributed by atoms with van der Waals surface area (Å²) in [5.41, 5.74) is 2.15. The highest BCUT2D eigenvalue weighted by Crippen LogP contribution is 2.44. The molecular formula is C20H18N2O2S2. The van der Waals surface area contributed by atoms with Gasteiger partial charge in [0.25, 0.3) is 0 Å². The summed E-state index contributed by atoms with van der Waals surface area (Å²) in [5.74, 6) is -0.818. The van der Waals surface area contributed by atoms with Gasteiger partial charge in [0.2, 0.25) is 0 Å². The van der Waals surface area contributed by atoms with E-state index in [2.05, 4.69) is 9.22 Å². The van der Waals surface area contributed by atoms with Crippen LogP contribution in [-0.2, 0) is 4.79 Å². The standard InChI is InChI=1S/C20H18N2O2S2/c1-20(2,3)18(19(23)24)25-15-10-7-13-11-22-26-17(13)16(15)12-5-8-14(21-4)9-6-12/h5-11,18H,1-3H3,(H,23,24). The zero-order valence-electron chi connectivity index (χ0n) is 14.7. The van der Waals surface area contributed by atoms with Gasteiger partial charge in [-0.15, -0.1) is 11.8 Å². The molecule has 0 aliphatic rings. The maximum atomic E-state index is 11.8. The van der Waals surface area contributed by atoms with Gasteiger partial charge in [-0.25, -0.2) is 4.85 Å². The van der Waals surface area contributed by atoms with Gasteiger partial charge in [0, 0.05) is 22.0 Å². The molecule has 4 nitrogen and oxygen atoms in total. The highest BCUT2D eigenvalue weighted by atomic mass is 32.2. The second-order valence-corrected chi connectivity index (χ2v) is 8.99. The average molecular weight is 383 g/mol. The molecule has 26 heavy (non-hydrogen) atoms. The van der Waals surface area contributed by atoms with Gasteiger partial charge in [0.05, 0.1) is 11.3 Å². The van der Waals surface area contributed by atoms with Crippen molar-refractivity contribution in [2.75, 3.05) is 0 Å². The highest BCUT2D eigenvalue weighted by molar-refractivity contribution is 8.00. The molecule has 0 aliphatic carbocycles. The molecule has 0 spiro atoms. The van der Waals surface area contributed by atoms with Crippen LogP contribution in [0, 0.1) is 12.0 Å². The number of aromatic nitrogens is 1. The van der Waals surface area contributed by atoms with Crippen LogP contribution in [-0.4, -0.2) is 20.7 Å². The second kappa shape index (κ2) is 7.10. The summed E-state index contributed by atoms with van der Waals surface area (Å²) in [5, 5.41) is 10.2. The van der Waals surface area contributed by atoms with E-state index in [4.69, 9.17) is 6.57 Å². The van der Waals surface area contributed by atoms with Crippen LogP contribution in [0.2, 0.25) is 0 Å². The summed E-state index contributed by atoms with van der Waals surface area (Å²) >= 11 is 2.78. The van der Waals surface area contributed by atoms with Crippen LogP contribution in [0.3, 0.4) is 0 Å². The van der Waals surface area contributed by atoms with Crippen LogP contribution in [0.15, 0.2) is 47.5 Å².